The third kappa shape index (κ3) is 3.90. The number of benzene rings is 2. The van der Waals surface area contributed by atoms with Crippen LogP contribution in [0.2, 0.25) is 0 Å². The molecule has 0 aliphatic heterocycles. The molecule has 142 valence electrons. The van der Waals surface area contributed by atoms with Crippen LogP contribution in [0, 0.1) is 13.8 Å². The van der Waals surface area contributed by atoms with Gasteiger partial charge in [-0.25, -0.2) is 0 Å². The SMILES string of the molecule is COCOc1cc(-c2cc(-c3cc(C)c(C)c(OC)c3)no2)ccc1OC. The zero-order valence-electron chi connectivity index (χ0n) is 16.2. The maximum atomic E-state index is 5.56. The number of nitrogens with zero attached hydrogens (tertiary/aromatic N) is 1. The summed E-state index contributed by atoms with van der Waals surface area (Å²) in [6.07, 6.45) is 0. The number of ether oxygens (including phenoxy) is 4. The van der Waals surface area contributed by atoms with Crippen LogP contribution < -0.4 is 14.2 Å². The minimum atomic E-state index is 0.129. The van der Waals surface area contributed by atoms with E-state index in [0.717, 1.165) is 33.7 Å². The van der Waals surface area contributed by atoms with Gasteiger partial charge in [-0.2, -0.15) is 0 Å². The van der Waals surface area contributed by atoms with E-state index >= 15 is 0 Å². The highest BCUT2D eigenvalue weighted by molar-refractivity contribution is 5.70. The van der Waals surface area contributed by atoms with Crippen molar-refractivity contribution in [3.05, 3.63) is 47.5 Å². The molecular formula is C21H23NO5. The summed E-state index contributed by atoms with van der Waals surface area (Å²) in [5.41, 5.74) is 4.75. The van der Waals surface area contributed by atoms with Crippen molar-refractivity contribution in [1.29, 1.82) is 0 Å². The molecule has 0 fully saturated rings. The van der Waals surface area contributed by atoms with Gasteiger partial charge in [0.2, 0.25) is 0 Å². The summed E-state index contributed by atoms with van der Waals surface area (Å²) < 4.78 is 26.9. The number of aryl methyl sites for hydroxylation is 1. The second-order valence-corrected chi connectivity index (χ2v) is 6.11. The molecule has 3 aromatic rings. The largest absolute Gasteiger partial charge is 0.496 e. The van der Waals surface area contributed by atoms with E-state index in [1.165, 1.54) is 0 Å². The highest BCUT2D eigenvalue weighted by atomic mass is 16.7. The summed E-state index contributed by atoms with van der Waals surface area (Å²) in [5.74, 6) is 2.65. The monoisotopic (exact) mass is 369 g/mol. The van der Waals surface area contributed by atoms with E-state index in [1.807, 2.05) is 44.2 Å². The van der Waals surface area contributed by atoms with Gasteiger partial charge in [-0.1, -0.05) is 5.16 Å². The van der Waals surface area contributed by atoms with Crippen LogP contribution in [0.15, 0.2) is 40.9 Å². The average molecular weight is 369 g/mol. The normalized spacial score (nSPS) is 10.7. The standard InChI is InChI=1S/C21H23NO5/c1-13-8-16(10-19(25-5)14(13)2)17-11-20(27-22-17)15-6-7-18(24-4)21(9-15)26-12-23-3/h6-11H,12H2,1-5H3. The van der Waals surface area contributed by atoms with Gasteiger partial charge >= 0.3 is 0 Å². The van der Waals surface area contributed by atoms with E-state index in [2.05, 4.69) is 11.2 Å². The third-order valence-corrected chi connectivity index (χ3v) is 4.43. The molecule has 0 saturated carbocycles. The second kappa shape index (κ2) is 8.14. The lowest BCUT2D eigenvalue weighted by atomic mass is 10.0. The zero-order chi connectivity index (χ0) is 19.4. The molecule has 6 heteroatoms. The zero-order valence-corrected chi connectivity index (χ0v) is 16.2. The Morgan fingerprint density at radius 1 is 0.852 bits per heavy atom. The molecule has 0 aliphatic carbocycles. The maximum absolute atomic E-state index is 5.56. The Morgan fingerprint density at radius 2 is 1.59 bits per heavy atom. The summed E-state index contributed by atoms with van der Waals surface area (Å²) in [7, 11) is 4.82. The number of hydrogen-bond donors (Lipinski definition) is 0. The van der Waals surface area contributed by atoms with Gasteiger partial charge in [-0.3, -0.25) is 0 Å². The number of aromatic nitrogens is 1. The van der Waals surface area contributed by atoms with Gasteiger partial charge in [0.1, 0.15) is 11.4 Å². The fraction of sp³-hybridized carbons (Fsp3) is 0.286. The van der Waals surface area contributed by atoms with E-state index in [-0.39, 0.29) is 6.79 Å². The van der Waals surface area contributed by atoms with Crippen LogP contribution in [-0.2, 0) is 4.74 Å². The first-order valence-electron chi connectivity index (χ1n) is 8.49. The molecule has 0 saturated heterocycles. The molecule has 0 atom stereocenters. The van der Waals surface area contributed by atoms with Crippen molar-refractivity contribution in [3.63, 3.8) is 0 Å². The number of hydrogen-bond acceptors (Lipinski definition) is 6. The quantitative estimate of drug-likeness (QED) is 0.566. The highest BCUT2D eigenvalue weighted by Gasteiger charge is 2.14. The highest BCUT2D eigenvalue weighted by Crippen LogP contribution is 2.35. The molecule has 1 heterocycles. The van der Waals surface area contributed by atoms with Crippen molar-refractivity contribution in [1.82, 2.24) is 5.16 Å². The van der Waals surface area contributed by atoms with E-state index in [9.17, 15) is 0 Å². The molecule has 0 amide bonds. The number of methoxy groups -OCH3 is 3. The topological polar surface area (TPSA) is 63.0 Å². The molecule has 0 unspecified atom stereocenters. The van der Waals surface area contributed by atoms with Crippen LogP contribution in [0.5, 0.6) is 17.2 Å². The van der Waals surface area contributed by atoms with Crippen molar-refractivity contribution >= 4 is 0 Å². The van der Waals surface area contributed by atoms with Crippen molar-refractivity contribution in [2.45, 2.75) is 13.8 Å². The predicted molar refractivity (Wildman–Crippen MR) is 102 cm³/mol. The summed E-state index contributed by atoms with van der Waals surface area (Å²) in [6.45, 7) is 4.21. The summed E-state index contributed by atoms with van der Waals surface area (Å²) in [5, 5.41) is 4.22. The van der Waals surface area contributed by atoms with Gasteiger partial charge in [0, 0.05) is 24.3 Å². The lowest BCUT2D eigenvalue weighted by molar-refractivity contribution is 0.0492. The fourth-order valence-corrected chi connectivity index (χ4v) is 2.80. The van der Waals surface area contributed by atoms with E-state index in [0.29, 0.717) is 17.3 Å². The molecule has 0 bridgehead atoms. The molecule has 2 aromatic carbocycles. The lowest BCUT2D eigenvalue weighted by Crippen LogP contribution is -2.00. The van der Waals surface area contributed by atoms with E-state index < -0.39 is 0 Å². The first-order chi connectivity index (χ1) is 13.1. The van der Waals surface area contributed by atoms with Gasteiger partial charge in [0.05, 0.1) is 14.2 Å². The molecule has 0 spiro atoms. The minimum Gasteiger partial charge on any atom is -0.496 e. The summed E-state index contributed by atoms with van der Waals surface area (Å²) in [6, 6.07) is 11.5. The van der Waals surface area contributed by atoms with Crippen LogP contribution in [0.1, 0.15) is 11.1 Å². The molecule has 0 N–H and O–H groups in total. The molecule has 3 rings (SSSR count). The van der Waals surface area contributed by atoms with Gasteiger partial charge in [0.25, 0.3) is 0 Å². The van der Waals surface area contributed by atoms with Gasteiger partial charge in [-0.15, -0.1) is 0 Å². The van der Waals surface area contributed by atoms with Crippen LogP contribution in [0.3, 0.4) is 0 Å². The smallest absolute Gasteiger partial charge is 0.188 e. The first-order valence-corrected chi connectivity index (χ1v) is 8.49. The molecule has 1 aromatic heterocycles. The van der Waals surface area contributed by atoms with Crippen LogP contribution in [-0.4, -0.2) is 33.3 Å². The molecule has 0 radical (unpaired) electrons. The third-order valence-electron chi connectivity index (χ3n) is 4.43. The summed E-state index contributed by atoms with van der Waals surface area (Å²) in [4.78, 5) is 0. The van der Waals surface area contributed by atoms with Crippen molar-refractivity contribution in [3.8, 4) is 39.8 Å². The molecule has 27 heavy (non-hydrogen) atoms. The van der Waals surface area contributed by atoms with Crippen molar-refractivity contribution in [2.75, 3.05) is 28.1 Å². The van der Waals surface area contributed by atoms with E-state index in [1.54, 1.807) is 21.3 Å². The first kappa shape index (κ1) is 18.8. The fourth-order valence-electron chi connectivity index (χ4n) is 2.80. The van der Waals surface area contributed by atoms with Crippen LogP contribution >= 0.6 is 0 Å². The van der Waals surface area contributed by atoms with Crippen molar-refractivity contribution < 1.29 is 23.5 Å². The minimum absolute atomic E-state index is 0.129. The lowest BCUT2D eigenvalue weighted by Gasteiger charge is -2.10. The molecule has 0 aliphatic rings. The van der Waals surface area contributed by atoms with E-state index in [4.69, 9.17) is 23.5 Å². The Morgan fingerprint density at radius 3 is 2.30 bits per heavy atom. The Kier molecular flexibility index (Phi) is 5.66. The number of rotatable bonds is 7. The average Bonchev–Trinajstić information content (AvgIpc) is 3.18. The second-order valence-electron chi connectivity index (χ2n) is 6.11. The predicted octanol–water partition coefficient (Wildman–Crippen LogP) is 4.63. The Balaban J connectivity index is 1.95. The van der Waals surface area contributed by atoms with Gasteiger partial charge < -0.3 is 23.5 Å². The maximum Gasteiger partial charge on any atom is 0.188 e. The van der Waals surface area contributed by atoms with Crippen LogP contribution in [0.25, 0.3) is 22.6 Å². The Labute approximate surface area is 158 Å². The van der Waals surface area contributed by atoms with Gasteiger partial charge in [-0.05, 0) is 55.3 Å². The molecule has 6 nitrogen and oxygen atoms in total. The Hall–Kier alpha value is -2.99. The Bertz CT molecular complexity index is 932. The molecular weight excluding hydrogens is 346 g/mol. The summed E-state index contributed by atoms with van der Waals surface area (Å²) >= 11 is 0. The van der Waals surface area contributed by atoms with Crippen molar-refractivity contribution in [2.24, 2.45) is 0 Å². The van der Waals surface area contributed by atoms with Gasteiger partial charge in [0.15, 0.2) is 24.1 Å². The van der Waals surface area contributed by atoms with Crippen LogP contribution in [0.4, 0.5) is 0 Å².